The van der Waals surface area contributed by atoms with E-state index in [9.17, 15) is 18.1 Å². The zero-order chi connectivity index (χ0) is 21.8. The Hall–Kier alpha value is 0.870. The van der Waals surface area contributed by atoms with Crippen molar-refractivity contribution < 1.29 is 47.6 Å². The van der Waals surface area contributed by atoms with Crippen molar-refractivity contribution >= 4 is 10.1 Å². The molecule has 0 aliphatic rings. The fraction of sp³-hybridized carbons (Fsp3) is 1.00. The SMILES string of the molecule is CCCCCCCC(CCCCCCCCCCCC(O)CCCC)S(=O)(=O)[O-].[Na+]. The molecule has 0 aromatic rings. The molecule has 30 heavy (non-hydrogen) atoms. The molecule has 0 fully saturated rings. The first-order valence-corrected chi connectivity index (χ1v) is 14.0. The van der Waals surface area contributed by atoms with E-state index < -0.39 is 15.4 Å². The largest absolute Gasteiger partial charge is 1.00 e. The van der Waals surface area contributed by atoms with Gasteiger partial charge >= 0.3 is 29.6 Å². The van der Waals surface area contributed by atoms with E-state index in [1.807, 2.05) is 0 Å². The van der Waals surface area contributed by atoms with Gasteiger partial charge in [-0.2, -0.15) is 0 Å². The normalized spacial score (nSPS) is 13.7. The van der Waals surface area contributed by atoms with Crippen LogP contribution in [0.25, 0.3) is 0 Å². The number of hydrogen-bond acceptors (Lipinski definition) is 4. The molecular formula is C24H49NaO4S. The molecule has 1 N–H and O–H groups in total. The van der Waals surface area contributed by atoms with Crippen LogP contribution in [-0.4, -0.2) is 29.4 Å². The second-order valence-corrected chi connectivity index (χ2v) is 10.5. The van der Waals surface area contributed by atoms with E-state index in [1.165, 1.54) is 44.9 Å². The summed E-state index contributed by atoms with van der Waals surface area (Å²) in [5.41, 5.74) is 0. The second kappa shape index (κ2) is 23.0. The minimum atomic E-state index is -4.15. The molecule has 2 unspecified atom stereocenters. The van der Waals surface area contributed by atoms with Crippen LogP contribution in [0.3, 0.4) is 0 Å². The van der Waals surface area contributed by atoms with Gasteiger partial charge in [0.05, 0.1) is 16.2 Å². The number of rotatable bonds is 22. The van der Waals surface area contributed by atoms with Crippen molar-refractivity contribution in [3.63, 3.8) is 0 Å². The van der Waals surface area contributed by atoms with E-state index in [1.54, 1.807) is 0 Å². The summed E-state index contributed by atoms with van der Waals surface area (Å²) in [5.74, 6) is 0. The van der Waals surface area contributed by atoms with Gasteiger partial charge in [0.2, 0.25) is 0 Å². The van der Waals surface area contributed by atoms with Gasteiger partial charge in [-0.15, -0.1) is 0 Å². The molecule has 0 rings (SSSR count). The molecule has 0 amide bonds. The van der Waals surface area contributed by atoms with Crippen molar-refractivity contribution in [3.05, 3.63) is 0 Å². The molecule has 0 aromatic carbocycles. The molecule has 0 aliphatic carbocycles. The molecule has 0 aliphatic heterocycles. The molecule has 0 spiro atoms. The Kier molecular flexibility index (Phi) is 25.4. The van der Waals surface area contributed by atoms with Crippen molar-refractivity contribution in [2.45, 2.75) is 154 Å². The molecule has 0 bridgehead atoms. The van der Waals surface area contributed by atoms with Crippen molar-refractivity contribution in [2.24, 2.45) is 0 Å². The smallest absolute Gasteiger partial charge is 0.748 e. The van der Waals surface area contributed by atoms with Crippen LogP contribution in [0.1, 0.15) is 142 Å². The first-order chi connectivity index (χ1) is 13.9. The Morgan fingerprint density at radius 1 is 0.600 bits per heavy atom. The third-order valence-corrected chi connectivity index (χ3v) is 7.28. The Labute approximate surface area is 210 Å². The number of aliphatic hydroxyl groups excluding tert-OH is 1. The molecule has 0 aromatic heterocycles. The molecule has 176 valence electrons. The molecule has 0 radical (unpaired) electrons. The fourth-order valence-corrected chi connectivity index (χ4v) is 4.89. The summed E-state index contributed by atoms with van der Waals surface area (Å²) in [6.07, 6.45) is 20.9. The Morgan fingerprint density at radius 2 is 0.933 bits per heavy atom. The average Bonchev–Trinajstić information content (AvgIpc) is 2.67. The predicted octanol–water partition coefficient (Wildman–Crippen LogP) is 4.11. The molecule has 0 saturated carbocycles. The van der Waals surface area contributed by atoms with E-state index in [0.717, 1.165) is 70.6 Å². The van der Waals surface area contributed by atoms with Gasteiger partial charge in [-0.05, 0) is 25.7 Å². The topological polar surface area (TPSA) is 77.4 Å². The summed E-state index contributed by atoms with van der Waals surface area (Å²) >= 11 is 0. The first kappa shape index (κ1) is 33.0. The van der Waals surface area contributed by atoms with Crippen molar-refractivity contribution in [2.75, 3.05) is 0 Å². The Balaban J connectivity index is 0. The molecular weight excluding hydrogens is 407 g/mol. The van der Waals surface area contributed by atoms with E-state index in [4.69, 9.17) is 0 Å². The van der Waals surface area contributed by atoms with Gasteiger partial charge < -0.3 is 9.66 Å². The Morgan fingerprint density at radius 3 is 1.33 bits per heavy atom. The van der Waals surface area contributed by atoms with Crippen molar-refractivity contribution in [1.29, 1.82) is 0 Å². The van der Waals surface area contributed by atoms with Crippen LogP contribution in [0.5, 0.6) is 0 Å². The van der Waals surface area contributed by atoms with Crippen LogP contribution in [0.4, 0.5) is 0 Å². The third kappa shape index (κ3) is 22.1. The van der Waals surface area contributed by atoms with E-state index in [-0.39, 0.29) is 35.7 Å². The quantitative estimate of drug-likeness (QED) is 0.151. The summed E-state index contributed by atoms with van der Waals surface area (Å²) in [7, 11) is -4.15. The molecule has 4 nitrogen and oxygen atoms in total. The number of aliphatic hydroxyl groups is 1. The maximum absolute atomic E-state index is 11.5. The molecule has 2 atom stereocenters. The van der Waals surface area contributed by atoms with Gasteiger partial charge in [-0.1, -0.05) is 117 Å². The molecule has 0 saturated heterocycles. The molecule has 0 heterocycles. The molecule has 6 heteroatoms. The second-order valence-electron chi connectivity index (χ2n) is 8.87. The van der Waals surface area contributed by atoms with E-state index in [2.05, 4.69) is 13.8 Å². The zero-order valence-electron chi connectivity index (χ0n) is 20.4. The first-order valence-electron chi connectivity index (χ1n) is 12.5. The van der Waals surface area contributed by atoms with Gasteiger partial charge in [0.1, 0.15) is 0 Å². The van der Waals surface area contributed by atoms with Crippen LogP contribution >= 0.6 is 0 Å². The number of hydrogen-bond donors (Lipinski definition) is 1. The summed E-state index contributed by atoms with van der Waals surface area (Å²) in [5, 5.41) is 9.15. The average molecular weight is 457 g/mol. The summed E-state index contributed by atoms with van der Waals surface area (Å²) in [6, 6.07) is 0. The van der Waals surface area contributed by atoms with Crippen LogP contribution in [0.2, 0.25) is 0 Å². The van der Waals surface area contributed by atoms with Gasteiger partial charge in [-0.25, -0.2) is 8.42 Å². The van der Waals surface area contributed by atoms with Gasteiger partial charge in [0.15, 0.2) is 0 Å². The van der Waals surface area contributed by atoms with Gasteiger partial charge in [0.25, 0.3) is 0 Å². The van der Waals surface area contributed by atoms with Crippen LogP contribution in [0.15, 0.2) is 0 Å². The monoisotopic (exact) mass is 456 g/mol. The number of unbranched alkanes of at least 4 members (excludes halogenated alkanes) is 13. The summed E-state index contributed by atoms with van der Waals surface area (Å²) < 4.78 is 34.4. The zero-order valence-corrected chi connectivity index (χ0v) is 23.2. The van der Waals surface area contributed by atoms with Gasteiger partial charge in [-0.3, -0.25) is 0 Å². The Bertz CT molecular complexity index is 442. The standard InChI is InChI=1S/C24H50O4S.Na/c1-3-5-7-13-17-21-24(29(26,27)28)22-18-15-12-10-8-9-11-14-16-20-23(25)19-6-4-2;/h23-25H,3-22H2,1-2H3,(H,26,27,28);/q;+1/p-1. The van der Waals surface area contributed by atoms with Crippen LogP contribution in [0, 0.1) is 0 Å². The van der Waals surface area contributed by atoms with Crippen LogP contribution in [-0.2, 0) is 10.1 Å². The summed E-state index contributed by atoms with van der Waals surface area (Å²) in [6.45, 7) is 4.32. The van der Waals surface area contributed by atoms with Gasteiger partial charge in [0, 0.05) is 5.25 Å². The van der Waals surface area contributed by atoms with Crippen molar-refractivity contribution in [1.82, 2.24) is 0 Å². The fourth-order valence-electron chi connectivity index (χ4n) is 3.98. The summed E-state index contributed by atoms with van der Waals surface area (Å²) in [4.78, 5) is 0. The maximum atomic E-state index is 11.5. The van der Waals surface area contributed by atoms with Crippen LogP contribution < -0.4 is 29.6 Å². The minimum absolute atomic E-state index is 0. The van der Waals surface area contributed by atoms with Crippen molar-refractivity contribution in [3.8, 4) is 0 Å². The van der Waals surface area contributed by atoms with E-state index in [0.29, 0.717) is 12.8 Å². The third-order valence-electron chi connectivity index (χ3n) is 5.99. The van der Waals surface area contributed by atoms with E-state index >= 15 is 0 Å². The maximum Gasteiger partial charge on any atom is 1.00 e. The predicted molar refractivity (Wildman–Crippen MR) is 123 cm³/mol. The minimum Gasteiger partial charge on any atom is -0.748 e.